The van der Waals surface area contributed by atoms with Crippen molar-refractivity contribution in [3.63, 3.8) is 0 Å². The third-order valence-electron chi connectivity index (χ3n) is 2.51. The number of pyridine rings is 1. The molecule has 0 radical (unpaired) electrons. The van der Waals surface area contributed by atoms with Crippen molar-refractivity contribution in [1.82, 2.24) is 4.98 Å². The van der Waals surface area contributed by atoms with Gasteiger partial charge in [-0.25, -0.2) is 9.37 Å². The molecule has 6 heteroatoms. The van der Waals surface area contributed by atoms with Gasteiger partial charge in [0.1, 0.15) is 5.82 Å². The van der Waals surface area contributed by atoms with Crippen LogP contribution < -0.4 is 10.1 Å². The number of aromatic nitrogens is 1. The summed E-state index contributed by atoms with van der Waals surface area (Å²) in [4.78, 5) is 4.08. The van der Waals surface area contributed by atoms with Crippen molar-refractivity contribution in [3.8, 4) is 5.88 Å². The summed E-state index contributed by atoms with van der Waals surface area (Å²) in [5.41, 5.74) is 1.33. The van der Waals surface area contributed by atoms with E-state index in [1.54, 1.807) is 19.4 Å². The molecule has 0 amide bonds. The molecule has 1 aromatic heterocycles. The Balaban J connectivity index is 2.19. The Morgan fingerprint density at radius 2 is 2.00 bits per heavy atom. The average molecular weight is 301 g/mol. The van der Waals surface area contributed by atoms with Crippen LogP contribution in [-0.4, -0.2) is 12.1 Å². The highest BCUT2D eigenvalue weighted by atomic mass is 35.5. The summed E-state index contributed by atoms with van der Waals surface area (Å²) in [6.07, 6.45) is 1.64. The molecule has 19 heavy (non-hydrogen) atoms. The van der Waals surface area contributed by atoms with E-state index < -0.39 is 5.82 Å². The van der Waals surface area contributed by atoms with E-state index in [2.05, 4.69) is 10.3 Å². The summed E-state index contributed by atoms with van der Waals surface area (Å²) >= 11 is 11.9. The van der Waals surface area contributed by atoms with Crippen molar-refractivity contribution < 1.29 is 9.13 Å². The van der Waals surface area contributed by atoms with Gasteiger partial charge < -0.3 is 10.1 Å². The van der Waals surface area contributed by atoms with Crippen molar-refractivity contribution in [3.05, 3.63) is 51.9 Å². The predicted octanol–water partition coefficient (Wildman–Crippen LogP) is 4.15. The van der Waals surface area contributed by atoms with Crippen molar-refractivity contribution >= 4 is 28.9 Å². The lowest BCUT2D eigenvalue weighted by molar-refractivity contribution is 0.393. The summed E-state index contributed by atoms with van der Waals surface area (Å²) in [5, 5.41) is 3.51. The van der Waals surface area contributed by atoms with Crippen LogP contribution in [0.5, 0.6) is 5.88 Å². The Hall–Kier alpha value is -1.52. The van der Waals surface area contributed by atoms with Crippen LogP contribution >= 0.6 is 23.2 Å². The highest BCUT2D eigenvalue weighted by Gasteiger charge is 2.09. The number of halogens is 3. The molecular formula is C13H11Cl2FN2O. The largest absolute Gasteiger partial charge is 0.481 e. The third-order valence-corrected chi connectivity index (χ3v) is 3.10. The number of anilines is 1. The molecule has 100 valence electrons. The summed E-state index contributed by atoms with van der Waals surface area (Å²) in [6, 6.07) is 6.07. The molecule has 0 saturated carbocycles. The molecule has 0 spiro atoms. The molecule has 0 fully saturated rings. The van der Waals surface area contributed by atoms with Gasteiger partial charge in [0.15, 0.2) is 0 Å². The zero-order valence-electron chi connectivity index (χ0n) is 10.1. The molecule has 3 nitrogen and oxygen atoms in total. The molecule has 0 saturated heterocycles. The van der Waals surface area contributed by atoms with Gasteiger partial charge in [-0.05, 0) is 18.2 Å². The van der Waals surface area contributed by atoms with E-state index in [1.807, 2.05) is 6.07 Å². The standard InChI is InChI=1S/C13H11Cl2FN2O/c1-19-13-8(3-2-4-17-13)7-18-12-10(14)5-9(16)6-11(12)15/h2-6,18H,7H2,1H3. The quantitative estimate of drug-likeness (QED) is 0.921. The molecule has 0 aliphatic heterocycles. The van der Waals surface area contributed by atoms with Gasteiger partial charge in [-0.15, -0.1) is 0 Å². The van der Waals surface area contributed by atoms with Crippen molar-refractivity contribution in [2.75, 3.05) is 12.4 Å². The van der Waals surface area contributed by atoms with E-state index in [-0.39, 0.29) is 10.0 Å². The van der Waals surface area contributed by atoms with Gasteiger partial charge in [-0.1, -0.05) is 29.3 Å². The van der Waals surface area contributed by atoms with E-state index in [0.29, 0.717) is 18.1 Å². The smallest absolute Gasteiger partial charge is 0.218 e. The van der Waals surface area contributed by atoms with Crippen LogP contribution in [-0.2, 0) is 6.54 Å². The Labute approximate surface area is 120 Å². The Kier molecular flexibility index (Phi) is 4.45. The van der Waals surface area contributed by atoms with Crippen LogP contribution in [0.1, 0.15) is 5.56 Å². The molecule has 0 bridgehead atoms. The fraction of sp³-hybridized carbons (Fsp3) is 0.154. The van der Waals surface area contributed by atoms with Crippen molar-refractivity contribution in [1.29, 1.82) is 0 Å². The highest BCUT2D eigenvalue weighted by molar-refractivity contribution is 6.39. The van der Waals surface area contributed by atoms with Gasteiger partial charge in [0, 0.05) is 18.3 Å². The van der Waals surface area contributed by atoms with Crippen LogP contribution in [0.4, 0.5) is 10.1 Å². The van der Waals surface area contributed by atoms with Crippen molar-refractivity contribution in [2.45, 2.75) is 6.54 Å². The second kappa shape index (κ2) is 6.08. The minimum Gasteiger partial charge on any atom is -0.481 e. The van der Waals surface area contributed by atoms with E-state index in [9.17, 15) is 4.39 Å². The number of rotatable bonds is 4. The van der Waals surface area contributed by atoms with Crippen molar-refractivity contribution in [2.24, 2.45) is 0 Å². The zero-order chi connectivity index (χ0) is 13.8. The van der Waals surface area contributed by atoms with Gasteiger partial charge in [0.2, 0.25) is 5.88 Å². The first-order chi connectivity index (χ1) is 9.11. The minimum absolute atomic E-state index is 0.229. The number of hydrogen-bond donors (Lipinski definition) is 1. The Bertz CT molecular complexity index is 570. The summed E-state index contributed by atoms with van der Waals surface area (Å²) in [6.45, 7) is 0.419. The first kappa shape index (κ1) is 13.9. The van der Waals surface area contributed by atoms with E-state index >= 15 is 0 Å². The van der Waals surface area contributed by atoms with Gasteiger partial charge >= 0.3 is 0 Å². The third kappa shape index (κ3) is 3.28. The first-order valence-corrected chi connectivity index (χ1v) is 6.23. The molecular weight excluding hydrogens is 290 g/mol. The molecule has 2 aromatic rings. The number of benzene rings is 1. The maximum absolute atomic E-state index is 13.1. The van der Waals surface area contributed by atoms with E-state index in [0.717, 1.165) is 5.56 Å². The van der Waals surface area contributed by atoms with Crippen LogP contribution in [0.3, 0.4) is 0 Å². The van der Waals surface area contributed by atoms with Crippen LogP contribution in [0.2, 0.25) is 10.0 Å². The van der Waals surface area contributed by atoms with Crippen LogP contribution in [0, 0.1) is 5.82 Å². The van der Waals surface area contributed by atoms with Gasteiger partial charge in [0.25, 0.3) is 0 Å². The number of methoxy groups -OCH3 is 1. The van der Waals surface area contributed by atoms with Crippen LogP contribution in [0.25, 0.3) is 0 Å². The molecule has 0 atom stereocenters. The predicted molar refractivity (Wildman–Crippen MR) is 74.5 cm³/mol. The number of hydrogen-bond acceptors (Lipinski definition) is 3. The Morgan fingerprint density at radius 1 is 1.32 bits per heavy atom. The molecule has 0 aliphatic rings. The number of nitrogens with one attached hydrogen (secondary N) is 1. The lowest BCUT2D eigenvalue weighted by Gasteiger charge is -2.12. The maximum atomic E-state index is 13.1. The van der Waals surface area contributed by atoms with Gasteiger partial charge in [-0.2, -0.15) is 0 Å². The number of nitrogens with zero attached hydrogens (tertiary/aromatic N) is 1. The van der Waals surface area contributed by atoms with E-state index in [4.69, 9.17) is 27.9 Å². The molecule has 2 rings (SSSR count). The lowest BCUT2D eigenvalue weighted by atomic mass is 10.2. The highest BCUT2D eigenvalue weighted by Crippen LogP contribution is 2.32. The fourth-order valence-corrected chi connectivity index (χ4v) is 2.23. The summed E-state index contributed by atoms with van der Waals surface area (Å²) in [7, 11) is 1.55. The number of ether oxygens (including phenoxy) is 1. The average Bonchev–Trinajstić information content (AvgIpc) is 2.38. The molecule has 1 aromatic carbocycles. The fourth-order valence-electron chi connectivity index (χ4n) is 1.64. The molecule has 1 N–H and O–H groups in total. The normalized spacial score (nSPS) is 10.3. The second-order valence-corrected chi connectivity index (χ2v) is 4.58. The first-order valence-electron chi connectivity index (χ1n) is 5.48. The van der Waals surface area contributed by atoms with Crippen LogP contribution in [0.15, 0.2) is 30.5 Å². The summed E-state index contributed by atoms with van der Waals surface area (Å²) < 4.78 is 18.2. The molecule has 0 aliphatic carbocycles. The monoisotopic (exact) mass is 300 g/mol. The molecule has 0 unspecified atom stereocenters. The maximum Gasteiger partial charge on any atom is 0.218 e. The topological polar surface area (TPSA) is 34.1 Å². The van der Waals surface area contributed by atoms with E-state index in [1.165, 1.54) is 12.1 Å². The minimum atomic E-state index is -0.473. The van der Waals surface area contributed by atoms with Gasteiger partial charge in [0.05, 0.1) is 22.8 Å². The SMILES string of the molecule is COc1ncccc1CNc1c(Cl)cc(F)cc1Cl. The zero-order valence-corrected chi connectivity index (χ0v) is 11.6. The van der Waals surface area contributed by atoms with Gasteiger partial charge in [-0.3, -0.25) is 0 Å². The lowest BCUT2D eigenvalue weighted by Crippen LogP contribution is -2.04. The Morgan fingerprint density at radius 3 is 2.63 bits per heavy atom. The second-order valence-electron chi connectivity index (χ2n) is 3.77. The molecule has 1 heterocycles. The summed E-state index contributed by atoms with van der Waals surface area (Å²) in [5.74, 6) is 0.0452.